The molecule has 1 N–H and O–H groups in total. The smallest absolute Gasteiger partial charge is 0.0966 e. The SMILES string of the molecule is c1ccc2c(CNC3=NCCC3)cccc2c1. The van der Waals surface area contributed by atoms with Gasteiger partial charge in [-0.3, -0.25) is 4.99 Å². The number of nitrogens with one attached hydrogen (secondary N) is 1. The largest absolute Gasteiger partial charge is 0.370 e. The van der Waals surface area contributed by atoms with Gasteiger partial charge in [-0.05, 0) is 22.8 Å². The lowest BCUT2D eigenvalue weighted by atomic mass is 10.0. The molecule has 86 valence electrons. The van der Waals surface area contributed by atoms with Crippen LogP contribution in [0.2, 0.25) is 0 Å². The van der Waals surface area contributed by atoms with Crippen LogP contribution in [0.5, 0.6) is 0 Å². The third-order valence-corrected chi connectivity index (χ3v) is 3.24. The molecule has 0 saturated heterocycles. The maximum Gasteiger partial charge on any atom is 0.0966 e. The lowest BCUT2D eigenvalue weighted by Gasteiger charge is -2.08. The van der Waals surface area contributed by atoms with E-state index in [0.717, 1.165) is 25.3 Å². The number of nitrogens with zero attached hydrogens (tertiary/aromatic N) is 1. The van der Waals surface area contributed by atoms with E-state index in [1.54, 1.807) is 0 Å². The van der Waals surface area contributed by atoms with Gasteiger partial charge >= 0.3 is 0 Å². The normalized spacial score (nSPS) is 14.9. The number of rotatable bonds is 2. The van der Waals surface area contributed by atoms with Crippen molar-refractivity contribution in [3.63, 3.8) is 0 Å². The van der Waals surface area contributed by atoms with Crippen LogP contribution in [0, 0.1) is 0 Å². The summed E-state index contributed by atoms with van der Waals surface area (Å²) in [7, 11) is 0. The zero-order valence-electron chi connectivity index (χ0n) is 9.82. The highest BCUT2D eigenvalue weighted by molar-refractivity contribution is 5.87. The first kappa shape index (κ1) is 10.3. The highest BCUT2D eigenvalue weighted by atomic mass is 15.0. The molecule has 0 aromatic heterocycles. The van der Waals surface area contributed by atoms with E-state index in [1.165, 1.54) is 22.8 Å². The molecular formula is C15H16N2. The summed E-state index contributed by atoms with van der Waals surface area (Å²) in [6, 6.07) is 15.0. The topological polar surface area (TPSA) is 24.4 Å². The Kier molecular flexibility index (Phi) is 2.78. The molecule has 2 heteroatoms. The standard InChI is InChI=1S/C15H16N2/c1-2-8-14-12(5-1)6-3-7-13(14)11-17-15-9-4-10-16-15/h1-3,5-8H,4,9-11H2,(H,16,17). The monoisotopic (exact) mass is 224 g/mol. The summed E-state index contributed by atoms with van der Waals surface area (Å²) in [6.07, 6.45) is 2.29. The van der Waals surface area contributed by atoms with Gasteiger partial charge in [0.1, 0.15) is 0 Å². The Morgan fingerprint density at radius 2 is 1.94 bits per heavy atom. The Bertz CT molecular complexity index is 552. The molecule has 0 saturated carbocycles. The third kappa shape index (κ3) is 2.16. The van der Waals surface area contributed by atoms with Crippen molar-refractivity contribution >= 4 is 16.6 Å². The summed E-state index contributed by atoms with van der Waals surface area (Å²) < 4.78 is 0. The number of benzene rings is 2. The Labute approximate surface area is 101 Å². The summed E-state index contributed by atoms with van der Waals surface area (Å²) in [6.45, 7) is 1.86. The van der Waals surface area contributed by atoms with E-state index < -0.39 is 0 Å². The Balaban J connectivity index is 1.84. The van der Waals surface area contributed by atoms with Gasteiger partial charge in [0.15, 0.2) is 0 Å². The van der Waals surface area contributed by atoms with Crippen molar-refractivity contribution in [2.45, 2.75) is 19.4 Å². The van der Waals surface area contributed by atoms with Gasteiger partial charge in [-0.2, -0.15) is 0 Å². The molecule has 0 aliphatic carbocycles. The van der Waals surface area contributed by atoms with Crippen molar-refractivity contribution in [3.8, 4) is 0 Å². The lowest BCUT2D eigenvalue weighted by Crippen LogP contribution is -2.20. The van der Waals surface area contributed by atoms with E-state index in [2.05, 4.69) is 52.8 Å². The fraction of sp³-hybridized carbons (Fsp3) is 0.267. The maximum atomic E-state index is 4.44. The summed E-state index contributed by atoms with van der Waals surface area (Å²) >= 11 is 0. The van der Waals surface area contributed by atoms with Crippen LogP contribution in [0.15, 0.2) is 47.5 Å². The number of hydrogen-bond donors (Lipinski definition) is 1. The second-order valence-electron chi connectivity index (χ2n) is 4.42. The first-order valence-corrected chi connectivity index (χ1v) is 6.17. The maximum absolute atomic E-state index is 4.44. The van der Waals surface area contributed by atoms with Gasteiger partial charge in [0, 0.05) is 19.5 Å². The predicted octanol–water partition coefficient (Wildman–Crippen LogP) is 3.12. The molecule has 1 heterocycles. The molecule has 2 nitrogen and oxygen atoms in total. The zero-order chi connectivity index (χ0) is 11.5. The van der Waals surface area contributed by atoms with Crippen molar-refractivity contribution in [3.05, 3.63) is 48.0 Å². The van der Waals surface area contributed by atoms with Crippen LogP contribution in [-0.2, 0) is 6.54 Å². The summed E-state index contributed by atoms with van der Waals surface area (Å²) in [5, 5.41) is 6.08. The fourth-order valence-corrected chi connectivity index (χ4v) is 2.33. The second kappa shape index (κ2) is 4.58. The van der Waals surface area contributed by atoms with Gasteiger partial charge in [0.2, 0.25) is 0 Å². The molecule has 0 unspecified atom stereocenters. The minimum atomic E-state index is 0.875. The van der Waals surface area contributed by atoms with Crippen molar-refractivity contribution in [1.82, 2.24) is 5.32 Å². The number of hydrogen-bond acceptors (Lipinski definition) is 2. The molecule has 2 aromatic rings. The van der Waals surface area contributed by atoms with Crippen LogP contribution >= 0.6 is 0 Å². The Morgan fingerprint density at radius 3 is 2.82 bits per heavy atom. The minimum Gasteiger partial charge on any atom is -0.370 e. The molecule has 2 aromatic carbocycles. The van der Waals surface area contributed by atoms with E-state index in [0.29, 0.717) is 0 Å². The van der Waals surface area contributed by atoms with Crippen LogP contribution < -0.4 is 5.32 Å². The van der Waals surface area contributed by atoms with Crippen molar-refractivity contribution in [2.24, 2.45) is 4.99 Å². The van der Waals surface area contributed by atoms with Crippen molar-refractivity contribution < 1.29 is 0 Å². The van der Waals surface area contributed by atoms with Crippen molar-refractivity contribution in [2.75, 3.05) is 6.54 Å². The molecule has 0 spiro atoms. The van der Waals surface area contributed by atoms with Gasteiger partial charge in [0.05, 0.1) is 5.84 Å². The second-order valence-corrected chi connectivity index (χ2v) is 4.42. The Morgan fingerprint density at radius 1 is 1.06 bits per heavy atom. The molecule has 17 heavy (non-hydrogen) atoms. The summed E-state index contributed by atoms with van der Waals surface area (Å²) in [4.78, 5) is 4.44. The van der Waals surface area contributed by atoms with Gasteiger partial charge in [-0.25, -0.2) is 0 Å². The van der Waals surface area contributed by atoms with Crippen LogP contribution in [0.1, 0.15) is 18.4 Å². The van der Waals surface area contributed by atoms with Crippen LogP contribution in [-0.4, -0.2) is 12.4 Å². The Hall–Kier alpha value is -1.83. The molecule has 0 radical (unpaired) electrons. The highest BCUT2D eigenvalue weighted by Crippen LogP contribution is 2.18. The first-order valence-electron chi connectivity index (χ1n) is 6.17. The van der Waals surface area contributed by atoms with E-state index >= 15 is 0 Å². The molecule has 0 atom stereocenters. The van der Waals surface area contributed by atoms with Crippen LogP contribution in [0.25, 0.3) is 10.8 Å². The molecule has 0 fully saturated rings. The number of amidine groups is 1. The minimum absolute atomic E-state index is 0.875. The highest BCUT2D eigenvalue weighted by Gasteiger charge is 2.06. The van der Waals surface area contributed by atoms with Gasteiger partial charge < -0.3 is 5.32 Å². The van der Waals surface area contributed by atoms with Crippen molar-refractivity contribution in [1.29, 1.82) is 0 Å². The molecule has 0 bridgehead atoms. The van der Waals surface area contributed by atoms with Crippen LogP contribution in [0.4, 0.5) is 0 Å². The molecule has 1 aliphatic heterocycles. The molecule has 1 aliphatic rings. The first-order chi connectivity index (χ1) is 8.43. The van der Waals surface area contributed by atoms with Gasteiger partial charge in [-0.15, -0.1) is 0 Å². The lowest BCUT2D eigenvalue weighted by molar-refractivity contribution is 0.894. The van der Waals surface area contributed by atoms with E-state index in [4.69, 9.17) is 0 Å². The average molecular weight is 224 g/mol. The molecule has 3 rings (SSSR count). The number of fused-ring (bicyclic) bond motifs is 1. The van der Waals surface area contributed by atoms with Gasteiger partial charge in [-0.1, -0.05) is 42.5 Å². The number of aliphatic imine (C=N–C) groups is 1. The van der Waals surface area contributed by atoms with E-state index in [1.807, 2.05) is 0 Å². The summed E-state index contributed by atoms with van der Waals surface area (Å²) in [5.74, 6) is 1.16. The van der Waals surface area contributed by atoms with E-state index in [9.17, 15) is 0 Å². The summed E-state index contributed by atoms with van der Waals surface area (Å²) in [5.41, 5.74) is 1.35. The average Bonchev–Trinajstić information content (AvgIpc) is 2.89. The molecule has 0 amide bonds. The quantitative estimate of drug-likeness (QED) is 0.832. The fourth-order valence-electron chi connectivity index (χ4n) is 2.33. The zero-order valence-corrected chi connectivity index (χ0v) is 9.82. The van der Waals surface area contributed by atoms with Gasteiger partial charge in [0.25, 0.3) is 0 Å². The molecular weight excluding hydrogens is 208 g/mol. The van der Waals surface area contributed by atoms with Crippen LogP contribution in [0.3, 0.4) is 0 Å². The van der Waals surface area contributed by atoms with E-state index in [-0.39, 0.29) is 0 Å². The third-order valence-electron chi connectivity index (χ3n) is 3.24. The predicted molar refractivity (Wildman–Crippen MR) is 72.3 cm³/mol.